The van der Waals surface area contributed by atoms with Crippen LogP contribution in [0.3, 0.4) is 0 Å². The Morgan fingerprint density at radius 2 is 1.88 bits per heavy atom. The van der Waals surface area contributed by atoms with E-state index in [9.17, 15) is 8.42 Å². The van der Waals surface area contributed by atoms with E-state index in [1.54, 1.807) is 11.3 Å². The van der Waals surface area contributed by atoms with Gasteiger partial charge in [0.15, 0.2) is 0 Å². The van der Waals surface area contributed by atoms with E-state index in [4.69, 9.17) is 0 Å². The molecule has 0 aliphatic rings. The average molecular weight is 289 g/mol. The largest absolute Gasteiger partial charge is 0.224 e. The summed E-state index contributed by atoms with van der Waals surface area (Å²) in [4.78, 5) is 6.56. The molecule has 2 aromatic rings. The molecule has 2 heterocycles. The molecular weight excluding hydrogens is 274 g/mol. The first-order valence-electron chi connectivity index (χ1n) is 5.55. The second kappa shape index (κ2) is 4.66. The van der Waals surface area contributed by atoms with E-state index in [2.05, 4.69) is 4.98 Å². The highest BCUT2D eigenvalue weighted by Gasteiger charge is 2.21. The maximum absolute atomic E-state index is 12.0. The van der Waals surface area contributed by atoms with Gasteiger partial charge in [-0.25, -0.2) is 13.4 Å². The van der Waals surface area contributed by atoms with Crippen molar-refractivity contribution in [1.29, 1.82) is 0 Å². The second-order valence-corrected chi connectivity index (χ2v) is 8.76. The first-order valence-corrected chi connectivity index (χ1v) is 8.83. The number of thiazole rings is 1. The number of aryl methyl sites for hydroxylation is 2. The second-order valence-electron chi connectivity index (χ2n) is 4.04. The molecule has 0 unspecified atom stereocenters. The summed E-state index contributed by atoms with van der Waals surface area (Å²) in [6.45, 7) is 5.99. The molecule has 0 N–H and O–H groups in total. The SMILES string of the molecule is CCCCS(=O)(=O)c1nc2c(C)sc(C)c2s1. The van der Waals surface area contributed by atoms with Gasteiger partial charge in [-0.15, -0.1) is 22.7 Å². The van der Waals surface area contributed by atoms with Crippen LogP contribution in [0.1, 0.15) is 29.5 Å². The molecule has 0 spiro atoms. The van der Waals surface area contributed by atoms with Gasteiger partial charge < -0.3 is 0 Å². The van der Waals surface area contributed by atoms with Crippen LogP contribution in [0, 0.1) is 13.8 Å². The van der Waals surface area contributed by atoms with Crippen molar-refractivity contribution in [3.63, 3.8) is 0 Å². The Morgan fingerprint density at radius 1 is 1.18 bits per heavy atom. The highest BCUT2D eigenvalue weighted by atomic mass is 32.2. The van der Waals surface area contributed by atoms with Gasteiger partial charge in [-0.2, -0.15) is 0 Å². The summed E-state index contributed by atoms with van der Waals surface area (Å²) in [6.07, 6.45) is 1.59. The molecule has 0 atom stereocenters. The summed E-state index contributed by atoms with van der Waals surface area (Å²) >= 11 is 2.99. The van der Waals surface area contributed by atoms with Gasteiger partial charge in [-0.3, -0.25) is 0 Å². The fraction of sp³-hybridized carbons (Fsp3) is 0.545. The number of hydrogen-bond donors (Lipinski definition) is 0. The number of thiophene rings is 1. The number of unbranched alkanes of at least 4 members (excludes halogenated alkanes) is 1. The predicted octanol–water partition coefficient (Wildman–Crippen LogP) is 3.55. The van der Waals surface area contributed by atoms with Crippen LogP contribution in [-0.4, -0.2) is 19.2 Å². The minimum atomic E-state index is -3.18. The molecule has 0 saturated heterocycles. The average Bonchev–Trinajstić information content (AvgIpc) is 2.80. The molecule has 0 aliphatic heterocycles. The third kappa shape index (κ3) is 2.39. The van der Waals surface area contributed by atoms with Crippen LogP contribution in [0.2, 0.25) is 0 Å². The van der Waals surface area contributed by atoms with E-state index in [0.29, 0.717) is 6.42 Å². The monoisotopic (exact) mass is 289 g/mol. The topological polar surface area (TPSA) is 47.0 Å². The van der Waals surface area contributed by atoms with E-state index in [1.807, 2.05) is 20.8 Å². The third-order valence-electron chi connectivity index (χ3n) is 2.60. The lowest BCUT2D eigenvalue weighted by Gasteiger charge is -1.97. The molecule has 2 rings (SSSR count). The summed E-state index contributed by atoms with van der Waals surface area (Å²) in [5.74, 6) is 0.209. The Balaban J connectivity index is 2.46. The first-order chi connectivity index (χ1) is 7.95. The molecular formula is C11H15NO2S3. The number of aromatic nitrogens is 1. The van der Waals surface area contributed by atoms with Crippen molar-refractivity contribution in [3.05, 3.63) is 9.75 Å². The van der Waals surface area contributed by atoms with Crippen molar-refractivity contribution in [2.75, 3.05) is 5.75 Å². The molecule has 0 bridgehead atoms. The summed E-state index contributed by atoms with van der Waals surface area (Å²) < 4.78 is 25.4. The first kappa shape index (κ1) is 13.0. The van der Waals surface area contributed by atoms with Gasteiger partial charge in [0.25, 0.3) is 0 Å². The minimum Gasteiger partial charge on any atom is -0.224 e. The van der Waals surface area contributed by atoms with Crippen molar-refractivity contribution in [3.8, 4) is 0 Å². The van der Waals surface area contributed by atoms with Crippen molar-refractivity contribution < 1.29 is 8.42 Å². The van der Waals surface area contributed by atoms with Gasteiger partial charge in [-0.1, -0.05) is 13.3 Å². The number of nitrogens with zero attached hydrogens (tertiary/aromatic N) is 1. The Morgan fingerprint density at radius 3 is 2.47 bits per heavy atom. The van der Waals surface area contributed by atoms with Gasteiger partial charge >= 0.3 is 0 Å². The molecule has 0 fully saturated rings. The smallest absolute Gasteiger partial charge is 0.210 e. The van der Waals surface area contributed by atoms with Gasteiger partial charge in [0.1, 0.15) is 0 Å². The molecule has 3 nitrogen and oxygen atoms in total. The maximum Gasteiger partial charge on any atom is 0.210 e. The molecule has 0 saturated carbocycles. The Labute approximate surface area is 109 Å². The highest BCUT2D eigenvalue weighted by molar-refractivity contribution is 7.93. The van der Waals surface area contributed by atoms with Crippen LogP contribution < -0.4 is 0 Å². The molecule has 94 valence electrons. The third-order valence-corrected chi connectivity index (χ3v) is 7.17. The van der Waals surface area contributed by atoms with Crippen LogP contribution in [0.4, 0.5) is 0 Å². The zero-order valence-corrected chi connectivity index (χ0v) is 12.6. The lowest BCUT2D eigenvalue weighted by Crippen LogP contribution is -2.05. The molecule has 6 heteroatoms. The number of rotatable bonds is 4. The molecule has 17 heavy (non-hydrogen) atoms. The summed E-state index contributed by atoms with van der Waals surface area (Å²) in [6, 6.07) is 0. The van der Waals surface area contributed by atoms with Crippen LogP contribution in [0.15, 0.2) is 4.34 Å². The fourth-order valence-electron chi connectivity index (χ4n) is 1.66. The van der Waals surface area contributed by atoms with Crippen LogP contribution in [0.25, 0.3) is 10.2 Å². The molecule has 2 aromatic heterocycles. The van der Waals surface area contributed by atoms with Gasteiger partial charge in [0.05, 0.1) is 16.0 Å². The summed E-state index contributed by atoms with van der Waals surface area (Å²) in [5, 5.41) is 0. The zero-order chi connectivity index (χ0) is 12.6. The summed E-state index contributed by atoms with van der Waals surface area (Å²) in [5.41, 5.74) is 0.868. The summed E-state index contributed by atoms with van der Waals surface area (Å²) in [7, 11) is -3.18. The molecule has 0 aromatic carbocycles. The normalized spacial score (nSPS) is 12.4. The highest BCUT2D eigenvalue weighted by Crippen LogP contribution is 2.36. The Bertz CT molecular complexity index is 603. The van der Waals surface area contributed by atoms with Crippen LogP contribution in [0.5, 0.6) is 0 Å². The maximum atomic E-state index is 12.0. The van der Waals surface area contributed by atoms with Gasteiger partial charge in [0, 0.05) is 9.75 Å². The van der Waals surface area contributed by atoms with E-state index < -0.39 is 9.84 Å². The molecule has 0 radical (unpaired) electrons. The van der Waals surface area contributed by atoms with Gasteiger partial charge in [0.2, 0.25) is 14.2 Å². The van der Waals surface area contributed by atoms with E-state index in [1.165, 1.54) is 11.3 Å². The van der Waals surface area contributed by atoms with Crippen molar-refractivity contribution in [1.82, 2.24) is 4.98 Å². The standard InChI is InChI=1S/C11H15NO2S3/c1-4-5-6-17(13,14)11-12-9-7(2)15-8(3)10(9)16-11/h4-6H2,1-3H3. The van der Waals surface area contributed by atoms with E-state index >= 15 is 0 Å². The van der Waals surface area contributed by atoms with Crippen LogP contribution in [-0.2, 0) is 9.84 Å². The fourth-order valence-corrected chi connectivity index (χ4v) is 5.70. The van der Waals surface area contributed by atoms with E-state index in [-0.39, 0.29) is 10.1 Å². The number of hydrogen-bond acceptors (Lipinski definition) is 5. The number of fused-ring (bicyclic) bond motifs is 1. The lowest BCUT2D eigenvalue weighted by molar-refractivity contribution is 0.592. The Kier molecular flexibility index (Phi) is 3.56. The predicted molar refractivity (Wildman–Crippen MR) is 73.9 cm³/mol. The minimum absolute atomic E-state index is 0.209. The van der Waals surface area contributed by atoms with Gasteiger partial charge in [-0.05, 0) is 20.3 Å². The lowest BCUT2D eigenvalue weighted by atomic mass is 10.4. The van der Waals surface area contributed by atoms with E-state index in [0.717, 1.165) is 26.4 Å². The van der Waals surface area contributed by atoms with Crippen molar-refractivity contribution in [2.24, 2.45) is 0 Å². The quantitative estimate of drug-likeness (QED) is 0.864. The van der Waals surface area contributed by atoms with Crippen molar-refractivity contribution in [2.45, 2.75) is 38.0 Å². The number of sulfone groups is 1. The zero-order valence-electron chi connectivity index (χ0n) is 10.1. The molecule has 0 aliphatic carbocycles. The van der Waals surface area contributed by atoms with Crippen LogP contribution >= 0.6 is 22.7 Å². The molecule has 0 amide bonds. The Hall–Kier alpha value is -0.460. The van der Waals surface area contributed by atoms with Crippen molar-refractivity contribution >= 4 is 42.7 Å².